The van der Waals surface area contributed by atoms with Gasteiger partial charge in [-0.15, -0.1) is 0 Å². The van der Waals surface area contributed by atoms with Gasteiger partial charge in [-0.05, 0) is 38.9 Å². The van der Waals surface area contributed by atoms with Crippen LogP contribution in [0.5, 0.6) is 5.75 Å². The van der Waals surface area contributed by atoms with E-state index in [1.165, 1.54) is 18.2 Å². The van der Waals surface area contributed by atoms with Gasteiger partial charge < -0.3 is 10.1 Å². The lowest BCUT2D eigenvalue weighted by Gasteiger charge is -2.20. The van der Waals surface area contributed by atoms with Crippen molar-refractivity contribution in [1.82, 2.24) is 5.32 Å². The van der Waals surface area contributed by atoms with Crippen LogP contribution in [-0.2, 0) is 0 Å². The zero-order valence-corrected chi connectivity index (χ0v) is 11.9. The van der Waals surface area contributed by atoms with Crippen molar-refractivity contribution in [3.63, 3.8) is 0 Å². The molecule has 0 saturated carbocycles. The highest BCUT2D eigenvalue weighted by atomic mass is 16.6. The van der Waals surface area contributed by atoms with E-state index < -0.39 is 10.5 Å². The van der Waals surface area contributed by atoms with Gasteiger partial charge in [0.05, 0.1) is 29.2 Å². The number of nitro groups is 1. The van der Waals surface area contributed by atoms with Crippen molar-refractivity contribution < 1.29 is 9.66 Å². The molecular formula is C14H16N4O3. The molecule has 0 bridgehead atoms. The minimum atomic E-state index is -0.639. The Morgan fingerprint density at radius 1 is 1.48 bits per heavy atom. The highest BCUT2D eigenvalue weighted by Gasteiger charge is 2.21. The smallest absolute Gasteiger partial charge is 0.312 e. The molecule has 0 aliphatic heterocycles. The Bertz CT molecular complexity index is 603. The summed E-state index contributed by atoms with van der Waals surface area (Å²) in [6.07, 6.45) is 1.13. The molecule has 0 aromatic heterocycles. The summed E-state index contributed by atoms with van der Waals surface area (Å²) in [5.74, 6) is 0.127. The molecule has 1 aromatic rings. The average Bonchev–Trinajstić information content (AvgIpc) is 2.51. The molecule has 0 saturated heterocycles. The third kappa shape index (κ3) is 4.44. The zero-order chi connectivity index (χ0) is 15.9. The van der Waals surface area contributed by atoms with Crippen LogP contribution in [0.3, 0.4) is 0 Å². The van der Waals surface area contributed by atoms with Gasteiger partial charge in [-0.1, -0.05) is 0 Å². The number of hydrogen-bond acceptors (Lipinski definition) is 6. The lowest BCUT2D eigenvalue weighted by atomic mass is 9.98. The van der Waals surface area contributed by atoms with Crippen LogP contribution >= 0.6 is 0 Å². The molecule has 0 fully saturated rings. The van der Waals surface area contributed by atoms with Gasteiger partial charge in [-0.3, -0.25) is 10.1 Å². The molecule has 1 N–H and O–H groups in total. The molecule has 7 heteroatoms. The molecule has 7 nitrogen and oxygen atoms in total. The molecule has 0 aliphatic rings. The van der Waals surface area contributed by atoms with Crippen molar-refractivity contribution in [3.8, 4) is 17.9 Å². The lowest BCUT2D eigenvalue weighted by Crippen LogP contribution is -2.38. The first-order chi connectivity index (χ1) is 9.95. The monoisotopic (exact) mass is 288 g/mol. The summed E-state index contributed by atoms with van der Waals surface area (Å²) in [7, 11) is 1.70. The van der Waals surface area contributed by atoms with Gasteiger partial charge in [0, 0.05) is 6.07 Å². The molecular weight excluding hydrogens is 272 g/mol. The van der Waals surface area contributed by atoms with Crippen LogP contribution in [0.4, 0.5) is 5.69 Å². The van der Waals surface area contributed by atoms with Crippen LogP contribution in [0, 0.1) is 32.8 Å². The fourth-order valence-electron chi connectivity index (χ4n) is 1.70. The normalized spacial score (nSPS) is 12.8. The summed E-state index contributed by atoms with van der Waals surface area (Å²) >= 11 is 0. The number of ether oxygens (including phenoxy) is 1. The Hall–Kier alpha value is -2.64. The van der Waals surface area contributed by atoms with Crippen molar-refractivity contribution in [1.29, 1.82) is 10.5 Å². The number of nitrogens with one attached hydrogen (secondary N) is 1. The van der Waals surface area contributed by atoms with Gasteiger partial charge in [0.2, 0.25) is 0 Å². The quantitative estimate of drug-likeness (QED) is 0.467. The van der Waals surface area contributed by atoms with Gasteiger partial charge in [-0.2, -0.15) is 10.5 Å². The molecule has 21 heavy (non-hydrogen) atoms. The van der Waals surface area contributed by atoms with E-state index in [0.717, 1.165) is 0 Å². The molecule has 0 heterocycles. The van der Waals surface area contributed by atoms with E-state index in [1.807, 2.05) is 6.07 Å². The Labute approximate surface area is 122 Å². The second-order valence-electron chi connectivity index (χ2n) is 4.70. The van der Waals surface area contributed by atoms with E-state index in [1.54, 1.807) is 14.0 Å². The fourth-order valence-corrected chi connectivity index (χ4v) is 1.70. The number of hydrogen-bond donors (Lipinski definition) is 1. The Kier molecular flexibility index (Phi) is 5.65. The molecule has 1 atom stereocenters. The topological polar surface area (TPSA) is 112 Å². The van der Waals surface area contributed by atoms with Gasteiger partial charge in [0.25, 0.3) is 0 Å². The zero-order valence-electron chi connectivity index (χ0n) is 11.9. The number of nitriles is 2. The van der Waals surface area contributed by atoms with Crippen molar-refractivity contribution in [3.05, 3.63) is 33.9 Å². The number of benzene rings is 1. The maximum absolute atomic E-state index is 10.9. The average molecular weight is 288 g/mol. The Morgan fingerprint density at radius 3 is 2.71 bits per heavy atom. The van der Waals surface area contributed by atoms with E-state index in [9.17, 15) is 10.1 Å². The SMILES string of the molecule is CNC(C)(C#N)CCCOc1ccc(C#N)cc1[N+](=O)[O-]. The van der Waals surface area contributed by atoms with Crippen molar-refractivity contribution in [2.24, 2.45) is 0 Å². The molecule has 1 unspecified atom stereocenters. The highest BCUT2D eigenvalue weighted by Crippen LogP contribution is 2.28. The molecule has 110 valence electrons. The number of nitrogens with zero attached hydrogens (tertiary/aromatic N) is 3. The maximum atomic E-state index is 10.9. The molecule has 1 aromatic carbocycles. The highest BCUT2D eigenvalue weighted by molar-refractivity contribution is 5.51. The third-order valence-corrected chi connectivity index (χ3v) is 3.16. The van der Waals surface area contributed by atoms with Crippen molar-refractivity contribution >= 4 is 5.69 Å². The summed E-state index contributed by atoms with van der Waals surface area (Å²) in [4.78, 5) is 10.4. The second-order valence-corrected chi connectivity index (χ2v) is 4.70. The van der Waals surface area contributed by atoms with Crippen LogP contribution in [-0.4, -0.2) is 24.1 Å². The fraction of sp³-hybridized carbons (Fsp3) is 0.429. The molecule has 0 spiro atoms. The van der Waals surface area contributed by atoms with E-state index in [2.05, 4.69) is 11.4 Å². The summed E-state index contributed by atoms with van der Waals surface area (Å²) in [5.41, 5.74) is -0.660. The van der Waals surface area contributed by atoms with E-state index in [-0.39, 0.29) is 23.6 Å². The lowest BCUT2D eigenvalue weighted by molar-refractivity contribution is -0.385. The molecule has 0 aliphatic carbocycles. The number of nitro benzene ring substituents is 1. The predicted molar refractivity (Wildman–Crippen MR) is 75.6 cm³/mol. The minimum absolute atomic E-state index is 0.127. The second kappa shape index (κ2) is 7.22. The van der Waals surface area contributed by atoms with Crippen molar-refractivity contribution in [2.75, 3.05) is 13.7 Å². The van der Waals surface area contributed by atoms with Gasteiger partial charge in [-0.25, -0.2) is 0 Å². The third-order valence-electron chi connectivity index (χ3n) is 3.16. The summed E-state index contributed by atoms with van der Waals surface area (Å²) in [5, 5.41) is 31.6. The van der Waals surface area contributed by atoms with E-state index >= 15 is 0 Å². The maximum Gasteiger partial charge on any atom is 0.312 e. The standard InChI is InChI=1S/C14H16N4O3/c1-14(10-16,17-2)6-3-7-21-13-5-4-11(9-15)8-12(13)18(19)20/h4-5,8,17H,3,6-7H2,1-2H3. The Morgan fingerprint density at radius 2 is 2.19 bits per heavy atom. The summed E-state index contributed by atoms with van der Waals surface area (Å²) < 4.78 is 5.39. The van der Waals surface area contributed by atoms with E-state index in [0.29, 0.717) is 12.8 Å². The summed E-state index contributed by atoms with van der Waals surface area (Å²) in [6.45, 7) is 2.03. The van der Waals surface area contributed by atoms with Crippen LogP contribution < -0.4 is 10.1 Å². The predicted octanol–water partition coefficient (Wildman–Crippen LogP) is 2.13. The first-order valence-corrected chi connectivity index (χ1v) is 6.37. The first-order valence-electron chi connectivity index (χ1n) is 6.37. The van der Waals surface area contributed by atoms with Crippen molar-refractivity contribution in [2.45, 2.75) is 25.3 Å². The molecule has 1 rings (SSSR count). The largest absolute Gasteiger partial charge is 0.487 e. The molecule has 0 amide bonds. The van der Waals surface area contributed by atoms with Crippen LogP contribution in [0.25, 0.3) is 0 Å². The van der Waals surface area contributed by atoms with Crippen LogP contribution in [0.15, 0.2) is 18.2 Å². The van der Waals surface area contributed by atoms with Crippen LogP contribution in [0.1, 0.15) is 25.3 Å². The minimum Gasteiger partial charge on any atom is -0.487 e. The Balaban J connectivity index is 2.67. The summed E-state index contributed by atoms with van der Waals surface area (Å²) in [6, 6.07) is 8.07. The van der Waals surface area contributed by atoms with Gasteiger partial charge in [0.15, 0.2) is 5.75 Å². The first kappa shape index (κ1) is 16.4. The van der Waals surface area contributed by atoms with Gasteiger partial charge >= 0.3 is 5.69 Å². The van der Waals surface area contributed by atoms with Gasteiger partial charge in [0.1, 0.15) is 5.54 Å². The number of rotatable bonds is 7. The van der Waals surface area contributed by atoms with Crippen LogP contribution in [0.2, 0.25) is 0 Å². The van der Waals surface area contributed by atoms with E-state index in [4.69, 9.17) is 15.3 Å². The molecule has 0 radical (unpaired) electrons.